The fraction of sp³-hybridized carbons (Fsp3) is 0.167. The van der Waals surface area contributed by atoms with Gasteiger partial charge >= 0.3 is 0 Å². The molecule has 4 heteroatoms. The van der Waals surface area contributed by atoms with Crippen LogP contribution in [0.1, 0.15) is 21.7 Å². The molecule has 16 heavy (non-hydrogen) atoms. The molecule has 1 aromatic carbocycles. The highest BCUT2D eigenvalue weighted by molar-refractivity contribution is 6.67. The Hall–Kier alpha value is -1.61. The molecule has 0 saturated heterocycles. The maximum Gasteiger partial charge on any atom is 0.252 e. The minimum atomic E-state index is -0.445. The van der Waals surface area contributed by atoms with Gasteiger partial charge in [-0.3, -0.25) is 4.79 Å². The maximum absolute atomic E-state index is 10.9. The Bertz CT molecular complexity index is 528. The van der Waals surface area contributed by atoms with Crippen LogP contribution in [-0.2, 0) is 0 Å². The zero-order valence-corrected chi connectivity index (χ0v) is 9.82. The summed E-state index contributed by atoms with van der Waals surface area (Å²) in [5.41, 5.74) is 3.44. The molecule has 0 radical (unpaired) electrons. The van der Waals surface area contributed by atoms with Gasteiger partial charge in [0.05, 0.1) is 11.4 Å². The van der Waals surface area contributed by atoms with Crippen LogP contribution in [0, 0.1) is 13.8 Å². The second kappa shape index (κ2) is 4.10. The van der Waals surface area contributed by atoms with Crippen LogP contribution in [0.4, 0.5) is 0 Å². The molecule has 0 fully saturated rings. The summed E-state index contributed by atoms with van der Waals surface area (Å²) in [4.78, 5) is 10.9. The Morgan fingerprint density at radius 3 is 2.31 bits per heavy atom. The van der Waals surface area contributed by atoms with E-state index in [1.165, 1.54) is 0 Å². The number of aromatic nitrogens is 2. The molecule has 2 aromatic rings. The number of hydrogen-bond donors (Lipinski definition) is 0. The molecule has 0 unspecified atom stereocenters. The lowest BCUT2D eigenvalue weighted by atomic mass is 10.2. The van der Waals surface area contributed by atoms with Crippen molar-refractivity contribution in [2.75, 3.05) is 0 Å². The van der Waals surface area contributed by atoms with Gasteiger partial charge in [-0.25, -0.2) is 4.68 Å². The first-order valence-corrected chi connectivity index (χ1v) is 5.29. The van der Waals surface area contributed by atoms with Gasteiger partial charge in [-0.15, -0.1) is 0 Å². The average molecular weight is 235 g/mol. The van der Waals surface area contributed by atoms with Gasteiger partial charge < -0.3 is 0 Å². The second-order valence-electron chi connectivity index (χ2n) is 3.66. The lowest BCUT2D eigenvalue weighted by molar-refractivity contribution is 0.108. The minimum absolute atomic E-state index is 0.445. The van der Waals surface area contributed by atoms with Gasteiger partial charge in [0.15, 0.2) is 0 Å². The molecule has 0 aliphatic rings. The summed E-state index contributed by atoms with van der Waals surface area (Å²) in [6.07, 6.45) is 0. The molecule has 0 saturated carbocycles. The topological polar surface area (TPSA) is 34.9 Å². The Morgan fingerprint density at radius 1 is 1.25 bits per heavy atom. The van der Waals surface area contributed by atoms with E-state index in [2.05, 4.69) is 5.10 Å². The standard InChI is InChI=1S/C12H11ClN2O/c1-8-7-9(2)15(14-8)11-5-3-10(4-6-11)12(13)16/h3-7H,1-2H3. The van der Waals surface area contributed by atoms with E-state index >= 15 is 0 Å². The fourth-order valence-corrected chi connectivity index (χ4v) is 1.75. The summed E-state index contributed by atoms with van der Waals surface area (Å²) in [6, 6.07) is 9.05. The Labute approximate surface area is 98.7 Å². The van der Waals surface area contributed by atoms with Gasteiger partial charge in [0.2, 0.25) is 0 Å². The number of aryl methyl sites for hydroxylation is 2. The summed E-state index contributed by atoms with van der Waals surface area (Å²) in [6.45, 7) is 3.93. The van der Waals surface area contributed by atoms with Crippen molar-refractivity contribution >= 4 is 16.8 Å². The van der Waals surface area contributed by atoms with Gasteiger partial charge in [-0.05, 0) is 55.8 Å². The van der Waals surface area contributed by atoms with Crippen LogP contribution in [0.2, 0.25) is 0 Å². The van der Waals surface area contributed by atoms with E-state index in [-0.39, 0.29) is 0 Å². The van der Waals surface area contributed by atoms with Crippen molar-refractivity contribution in [3.63, 3.8) is 0 Å². The zero-order chi connectivity index (χ0) is 11.7. The van der Waals surface area contributed by atoms with Gasteiger partial charge in [0, 0.05) is 11.3 Å². The number of nitrogens with zero attached hydrogens (tertiary/aromatic N) is 2. The van der Waals surface area contributed by atoms with E-state index in [1.54, 1.807) is 12.1 Å². The van der Waals surface area contributed by atoms with Crippen molar-refractivity contribution in [2.45, 2.75) is 13.8 Å². The highest BCUT2D eigenvalue weighted by Crippen LogP contribution is 2.13. The summed E-state index contributed by atoms with van der Waals surface area (Å²) >= 11 is 5.38. The molecule has 3 nitrogen and oxygen atoms in total. The van der Waals surface area contributed by atoms with Crippen LogP contribution < -0.4 is 0 Å². The molecule has 0 amide bonds. The molecule has 2 rings (SSSR count). The number of carbonyl (C=O) groups excluding carboxylic acids is 1. The second-order valence-corrected chi connectivity index (χ2v) is 4.00. The number of rotatable bonds is 2. The molecule has 0 atom stereocenters. The third-order valence-corrected chi connectivity index (χ3v) is 2.57. The van der Waals surface area contributed by atoms with Gasteiger partial charge in [-0.1, -0.05) is 0 Å². The summed E-state index contributed by atoms with van der Waals surface area (Å²) in [5.74, 6) is 0. The van der Waals surface area contributed by atoms with Crippen LogP contribution in [0.3, 0.4) is 0 Å². The third kappa shape index (κ3) is 1.99. The van der Waals surface area contributed by atoms with Crippen LogP contribution in [-0.4, -0.2) is 15.0 Å². The highest BCUT2D eigenvalue weighted by atomic mass is 35.5. The quantitative estimate of drug-likeness (QED) is 0.749. The van der Waals surface area contributed by atoms with E-state index in [0.717, 1.165) is 17.1 Å². The number of benzene rings is 1. The molecule has 82 valence electrons. The zero-order valence-electron chi connectivity index (χ0n) is 9.07. The summed E-state index contributed by atoms with van der Waals surface area (Å²) < 4.78 is 1.83. The van der Waals surface area contributed by atoms with Crippen molar-refractivity contribution in [1.82, 2.24) is 9.78 Å². The van der Waals surface area contributed by atoms with Crippen molar-refractivity contribution in [1.29, 1.82) is 0 Å². The summed E-state index contributed by atoms with van der Waals surface area (Å²) in [7, 11) is 0. The van der Waals surface area contributed by atoms with E-state index in [0.29, 0.717) is 5.56 Å². The van der Waals surface area contributed by atoms with Crippen molar-refractivity contribution in [2.24, 2.45) is 0 Å². The molecule has 0 aliphatic heterocycles. The number of hydrogen-bond acceptors (Lipinski definition) is 2. The highest BCUT2D eigenvalue weighted by Gasteiger charge is 2.05. The van der Waals surface area contributed by atoms with E-state index in [4.69, 9.17) is 11.6 Å². The number of halogens is 1. The van der Waals surface area contributed by atoms with E-state index in [9.17, 15) is 4.79 Å². The predicted molar refractivity (Wildman–Crippen MR) is 63.2 cm³/mol. The number of carbonyl (C=O) groups is 1. The molecular formula is C12H11ClN2O. The van der Waals surface area contributed by atoms with Crippen LogP contribution in [0.25, 0.3) is 5.69 Å². The largest absolute Gasteiger partial charge is 0.276 e. The van der Waals surface area contributed by atoms with E-state index in [1.807, 2.05) is 36.7 Å². The minimum Gasteiger partial charge on any atom is -0.276 e. The van der Waals surface area contributed by atoms with E-state index < -0.39 is 5.24 Å². The SMILES string of the molecule is Cc1cc(C)n(-c2ccc(C(=O)Cl)cc2)n1. The smallest absolute Gasteiger partial charge is 0.252 e. The molecule has 1 heterocycles. The first kappa shape index (κ1) is 10.9. The molecule has 0 aliphatic carbocycles. The van der Waals surface area contributed by atoms with Crippen molar-refractivity contribution in [3.05, 3.63) is 47.3 Å². The molecular weight excluding hydrogens is 224 g/mol. The molecule has 0 N–H and O–H groups in total. The van der Waals surface area contributed by atoms with Crippen LogP contribution in [0.5, 0.6) is 0 Å². The van der Waals surface area contributed by atoms with Crippen molar-refractivity contribution < 1.29 is 4.79 Å². The van der Waals surface area contributed by atoms with Gasteiger partial charge in [-0.2, -0.15) is 5.10 Å². The normalized spacial score (nSPS) is 10.4. The average Bonchev–Trinajstić information content (AvgIpc) is 2.58. The predicted octanol–water partition coefficient (Wildman–Crippen LogP) is 2.87. The molecule has 0 bridgehead atoms. The Morgan fingerprint density at radius 2 is 1.88 bits per heavy atom. The lowest BCUT2D eigenvalue weighted by Gasteiger charge is -2.04. The monoisotopic (exact) mass is 234 g/mol. The van der Waals surface area contributed by atoms with Crippen LogP contribution in [0.15, 0.2) is 30.3 Å². The Kier molecular flexibility index (Phi) is 2.79. The maximum atomic E-state index is 10.9. The first-order chi connectivity index (χ1) is 7.58. The lowest BCUT2D eigenvalue weighted by Crippen LogP contribution is -1.99. The Balaban J connectivity index is 2.42. The van der Waals surface area contributed by atoms with Crippen LogP contribution >= 0.6 is 11.6 Å². The fourth-order valence-electron chi connectivity index (χ4n) is 1.62. The summed E-state index contributed by atoms with van der Waals surface area (Å²) in [5, 5.41) is 3.91. The molecule has 0 spiro atoms. The van der Waals surface area contributed by atoms with Crippen molar-refractivity contribution in [3.8, 4) is 5.69 Å². The third-order valence-electron chi connectivity index (χ3n) is 2.35. The first-order valence-electron chi connectivity index (χ1n) is 4.91. The van der Waals surface area contributed by atoms with Gasteiger partial charge in [0.1, 0.15) is 0 Å². The van der Waals surface area contributed by atoms with Gasteiger partial charge in [0.25, 0.3) is 5.24 Å². The molecule has 1 aromatic heterocycles.